The maximum absolute atomic E-state index is 9.41. The minimum atomic E-state index is 0.281. The highest BCUT2D eigenvalue weighted by atomic mass is 35.5. The van der Waals surface area contributed by atoms with Crippen LogP contribution in [0.4, 0.5) is 5.69 Å². The van der Waals surface area contributed by atoms with Crippen LogP contribution in [0.5, 0.6) is 0 Å². The molecule has 0 spiro atoms. The number of aromatic nitrogens is 3. The summed E-state index contributed by atoms with van der Waals surface area (Å²) in [6.45, 7) is 9.54. The van der Waals surface area contributed by atoms with Gasteiger partial charge in [-0.3, -0.25) is 5.32 Å². The molecule has 0 saturated carbocycles. The van der Waals surface area contributed by atoms with E-state index in [2.05, 4.69) is 50.3 Å². The van der Waals surface area contributed by atoms with Crippen LogP contribution in [0.15, 0.2) is 29.4 Å². The number of aryl methyl sites for hydroxylation is 2. The first-order chi connectivity index (χ1) is 15.7. The van der Waals surface area contributed by atoms with E-state index in [1.54, 1.807) is 12.1 Å². The number of nitriles is 1. The van der Waals surface area contributed by atoms with Gasteiger partial charge in [-0.05, 0) is 48.6 Å². The van der Waals surface area contributed by atoms with Crippen molar-refractivity contribution in [2.75, 3.05) is 11.4 Å². The summed E-state index contributed by atoms with van der Waals surface area (Å²) in [5.41, 5.74) is 4.95. The van der Waals surface area contributed by atoms with E-state index in [4.69, 9.17) is 33.2 Å². The summed E-state index contributed by atoms with van der Waals surface area (Å²) < 4.78 is 2.05. The second kappa shape index (κ2) is 10.9. The van der Waals surface area contributed by atoms with Gasteiger partial charge >= 0.3 is 0 Å². The molecule has 3 heterocycles. The molecule has 0 aliphatic heterocycles. The number of nitrogens with zero attached hydrogens (tertiary/aromatic N) is 6. The van der Waals surface area contributed by atoms with E-state index >= 15 is 0 Å². The second-order valence-electron chi connectivity index (χ2n) is 8.33. The van der Waals surface area contributed by atoms with Gasteiger partial charge in [-0.1, -0.05) is 50.4 Å². The van der Waals surface area contributed by atoms with Crippen molar-refractivity contribution in [3.05, 3.63) is 51.5 Å². The minimum absolute atomic E-state index is 0.281. The van der Waals surface area contributed by atoms with Gasteiger partial charge in [-0.25, -0.2) is 15.0 Å². The lowest BCUT2D eigenvalue weighted by molar-refractivity contribution is 0.783. The second-order valence-corrected chi connectivity index (χ2v) is 9.11. The van der Waals surface area contributed by atoms with E-state index in [9.17, 15) is 5.26 Å². The highest BCUT2D eigenvalue weighted by Gasteiger charge is 2.17. The van der Waals surface area contributed by atoms with E-state index in [1.807, 2.05) is 22.7 Å². The molecule has 174 valence electrons. The van der Waals surface area contributed by atoms with Gasteiger partial charge in [0.05, 0.1) is 12.2 Å². The van der Waals surface area contributed by atoms with Crippen molar-refractivity contribution in [3.8, 4) is 6.19 Å². The molecule has 0 aromatic carbocycles. The van der Waals surface area contributed by atoms with Crippen LogP contribution in [0.25, 0.3) is 11.0 Å². The van der Waals surface area contributed by atoms with Gasteiger partial charge in [0.15, 0.2) is 6.19 Å². The van der Waals surface area contributed by atoms with Gasteiger partial charge in [0.1, 0.15) is 16.0 Å². The van der Waals surface area contributed by atoms with E-state index in [1.165, 1.54) is 16.5 Å². The zero-order chi connectivity index (χ0) is 24.1. The summed E-state index contributed by atoms with van der Waals surface area (Å²) in [5, 5.41) is 13.9. The Bertz CT molecular complexity index is 1190. The Hall–Kier alpha value is -2.82. The van der Waals surface area contributed by atoms with E-state index in [0.717, 1.165) is 29.9 Å². The van der Waals surface area contributed by atoms with Crippen molar-refractivity contribution in [2.45, 2.75) is 53.0 Å². The third kappa shape index (κ3) is 5.76. The molecule has 1 N–H and O–H groups in total. The molecule has 3 aromatic rings. The number of rotatable bonds is 7. The summed E-state index contributed by atoms with van der Waals surface area (Å²) in [6, 6.07) is 5.54. The fraction of sp³-hybridized carbons (Fsp3) is 0.417. The van der Waals surface area contributed by atoms with Gasteiger partial charge in [0, 0.05) is 30.9 Å². The summed E-state index contributed by atoms with van der Waals surface area (Å²) in [6.07, 6.45) is 5.98. The monoisotopic (exact) mass is 485 g/mol. The van der Waals surface area contributed by atoms with Crippen LogP contribution in [0.1, 0.15) is 56.4 Å². The molecule has 0 radical (unpaired) electrons. The van der Waals surface area contributed by atoms with Crippen LogP contribution < -0.4 is 10.2 Å². The zero-order valence-electron chi connectivity index (χ0n) is 19.7. The number of nitrogens with one attached hydrogen (secondary N) is 1. The minimum Gasteiger partial charge on any atom is -0.335 e. The van der Waals surface area contributed by atoms with Gasteiger partial charge in [-0.2, -0.15) is 5.26 Å². The molecule has 0 aliphatic carbocycles. The van der Waals surface area contributed by atoms with Gasteiger partial charge in [0.25, 0.3) is 0 Å². The lowest BCUT2D eigenvalue weighted by Crippen LogP contribution is -2.40. The summed E-state index contributed by atoms with van der Waals surface area (Å²) in [5.74, 6) is 0.763. The number of unbranched alkanes of at least 4 members (excludes halogenated alkanes) is 1. The number of aliphatic imine (C=N–C) groups is 1. The molecule has 7 nitrogen and oxygen atoms in total. The fourth-order valence-corrected chi connectivity index (χ4v) is 4.35. The molecule has 0 bridgehead atoms. The number of halogens is 2. The SMILES string of the molecule is CCCCN(C(=NCc1cc(C(C)C)c2c(C)cn(C)c2n1)NC#N)c1cc(Cl)nc(Cl)c1. The largest absolute Gasteiger partial charge is 0.335 e. The van der Waals surface area contributed by atoms with Gasteiger partial charge < -0.3 is 9.47 Å². The smallest absolute Gasteiger partial charge is 0.212 e. The van der Waals surface area contributed by atoms with Crippen LogP contribution in [-0.2, 0) is 13.6 Å². The average Bonchev–Trinajstić information content (AvgIpc) is 3.04. The third-order valence-electron chi connectivity index (χ3n) is 5.43. The standard InChI is InChI=1S/C24H29Cl2N7/c1-6-7-8-33(18-10-20(25)31-21(26)11-18)24(29-14-27)28-12-17-9-19(15(2)3)22-16(4)13-32(5)23(22)30-17/h9-11,13,15H,6-8,12H2,1-5H3,(H,28,29). The molecule has 33 heavy (non-hydrogen) atoms. The lowest BCUT2D eigenvalue weighted by atomic mass is 9.98. The Morgan fingerprint density at radius 1 is 1.24 bits per heavy atom. The molecule has 3 rings (SSSR count). The number of fused-ring (bicyclic) bond motifs is 1. The predicted molar refractivity (Wildman–Crippen MR) is 136 cm³/mol. The molecule has 9 heteroatoms. The van der Waals surface area contributed by atoms with Crippen LogP contribution in [-0.4, -0.2) is 27.0 Å². The number of hydrogen-bond acceptors (Lipinski definition) is 4. The van der Waals surface area contributed by atoms with Crippen molar-refractivity contribution >= 4 is 45.9 Å². The Balaban J connectivity index is 2.04. The lowest BCUT2D eigenvalue weighted by Gasteiger charge is -2.25. The highest BCUT2D eigenvalue weighted by molar-refractivity contribution is 6.33. The summed E-state index contributed by atoms with van der Waals surface area (Å²) in [7, 11) is 2.01. The van der Waals surface area contributed by atoms with Crippen molar-refractivity contribution in [1.82, 2.24) is 19.9 Å². The molecule has 3 aromatic heterocycles. The van der Waals surface area contributed by atoms with Crippen LogP contribution in [0.3, 0.4) is 0 Å². The summed E-state index contributed by atoms with van der Waals surface area (Å²) >= 11 is 12.3. The first-order valence-electron chi connectivity index (χ1n) is 11.0. The number of pyridine rings is 2. The molecule has 0 fully saturated rings. The quantitative estimate of drug-likeness (QED) is 0.147. The van der Waals surface area contributed by atoms with Crippen molar-refractivity contribution in [2.24, 2.45) is 12.0 Å². The molecular formula is C24H29Cl2N7. The van der Waals surface area contributed by atoms with Crippen molar-refractivity contribution in [3.63, 3.8) is 0 Å². The topological polar surface area (TPSA) is 82.1 Å². The molecule has 0 unspecified atom stereocenters. The number of guanidine groups is 1. The average molecular weight is 486 g/mol. The maximum Gasteiger partial charge on any atom is 0.212 e. The zero-order valence-corrected chi connectivity index (χ0v) is 21.2. The molecular weight excluding hydrogens is 457 g/mol. The van der Waals surface area contributed by atoms with Crippen LogP contribution in [0, 0.1) is 18.4 Å². The van der Waals surface area contributed by atoms with Crippen LogP contribution in [0.2, 0.25) is 10.3 Å². The molecule has 0 aliphatic rings. The number of hydrogen-bond donors (Lipinski definition) is 1. The summed E-state index contributed by atoms with van der Waals surface area (Å²) in [4.78, 5) is 15.5. The van der Waals surface area contributed by atoms with E-state index < -0.39 is 0 Å². The molecule has 0 saturated heterocycles. The highest BCUT2D eigenvalue weighted by Crippen LogP contribution is 2.29. The maximum atomic E-state index is 9.41. The van der Waals surface area contributed by atoms with E-state index in [0.29, 0.717) is 25.0 Å². The van der Waals surface area contributed by atoms with Gasteiger partial charge in [-0.15, -0.1) is 0 Å². The van der Waals surface area contributed by atoms with E-state index in [-0.39, 0.29) is 10.3 Å². The fourth-order valence-electron chi connectivity index (χ4n) is 3.90. The van der Waals surface area contributed by atoms with Crippen molar-refractivity contribution < 1.29 is 0 Å². The molecule has 0 atom stereocenters. The van der Waals surface area contributed by atoms with Crippen LogP contribution >= 0.6 is 23.2 Å². The normalized spacial score (nSPS) is 11.8. The van der Waals surface area contributed by atoms with Crippen molar-refractivity contribution in [1.29, 1.82) is 5.26 Å². The molecule has 0 amide bonds. The number of anilines is 1. The Kier molecular flexibility index (Phi) is 8.17. The predicted octanol–water partition coefficient (Wildman–Crippen LogP) is 5.94. The first-order valence-corrected chi connectivity index (χ1v) is 11.8. The Labute approximate surface area is 205 Å². The Morgan fingerprint density at radius 2 is 1.94 bits per heavy atom. The third-order valence-corrected chi connectivity index (χ3v) is 5.82. The van der Waals surface area contributed by atoms with Gasteiger partial charge in [0.2, 0.25) is 5.96 Å². The first kappa shape index (κ1) is 24.8. The Morgan fingerprint density at radius 3 is 2.55 bits per heavy atom.